The molecule has 1 fully saturated rings. The molecule has 1 saturated heterocycles. The number of carbonyl (C=O) groups is 2. The number of hydrogen-bond acceptors (Lipinski definition) is 4. The highest BCUT2D eigenvalue weighted by atomic mass is 16.4. The van der Waals surface area contributed by atoms with Gasteiger partial charge in [0.05, 0.1) is 1.37 Å². The van der Waals surface area contributed by atoms with Gasteiger partial charge < -0.3 is 15.5 Å². The number of aliphatic hydroxyl groups is 2. The molecule has 1 aliphatic rings. The molecule has 3 amide bonds. The van der Waals surface area contributed by atoms with Crippen molar-refractivity contribution in [1.29, 1.82) is 0 Å². The second-order valence-electron chi connectivity index (χ2n) is 1.97. The minimum atomic E-state index is -3.41. The first-order valence-electron chi connectivity index (χ1n) is 4.61. The molecule has 0 saturated carbocycles. The highest BCUT2D eigenvalue weighted by Crippen LogP contribution is 2.10. The summed E-state index contributed by atoms with van der Waals surface area (Å²) in [7, 11) is 0. The first kappa shape index (κ1) is 4.03. The van der Waals surface area contributed by atoms with Crippen LogP contribution in [0.5, 0.6) is 0 Å². The fourth-order valence-corrected chi connectivity index (χ4v) is 0.530. The Labute approximate surface area is 67.8 Å². The Bertz CT molecular complexity index is 327. The van der Waals surface area contributed by atoms with Crippen LogP contribution >= 0.6 is 0 Å². The maximum atomic E-state index is 11.1. The topological polar surface area (TPSA) is 98.7 Å². The Morgan fingerprint density at radius 3 is 2.91 bits per heavy atom. The number of rotatable bonds is 0. The monoisotopic (exact) mass is 164 g/mol. The van der Waals surface area contributed by atoms with Crippen molar-refractivity contribution in [3.63, 3.8) is 0 Å². The first-order valence-corrected chi connectivity index (χ1v) is 2.61. The molecule has 0 aromatic carbocycles. The molecule has 2 atom stereocenters. The van der Waals surface area contributed by atoms with Crippen LogP contribution in [-0.2, 0) is 4.79 Å². The number of carbonyl (C=O) groups excluding carboxylic acids is 2. The van der Waals surface area contributed by atoms with Crippen LogP contribution in [0.1, 0.15) is 12.3 Å². The Balaban J connectivity index is 3.26. The number of urea groups is 1. The van der Waals surface area contributed by atoms with E-state index >= 15 is 0 Å². The molecular formula is C5H8N2O4. The van der Waals surface area contributed by atoms with Gasteiger partial charge in [-0.15, -0.1) is 0 Å². The molecule has 0 aromatic heterocycles. The summed E-state index contributed by atoms with van der Waals surface area (Å²) in [6, 6.07) is -1.26. The molecule has 4 N–H and O–H groups in total. The predicted octanol–water partition coefficient (Wildman–Crippen LogP) is -2.10. The lowest BCUT2D eigenvalue weighted by molar-refractivity contribution is -0.153. The van der Waals surface area contributed by atoms with Crippen molar-refractivity contribution in [2.75, 3.05) is 0 Å². The summed E-state index contributed by atoms with van der Waals surface area (Å²) in [4.78, 5) is 21.8. The molecule has 11 heavy (non-hydrogen) atoms. The van der Waals surface area contributed by atoms with Gasteiger partial charge in [0, 0.05) is 4.11 Å². The molecular weight excluding hydrogens is 152 g/mol. The zero-order valence-corrected chi connectivity index (χ0v) is 5.21. The molecule has 2 unspecified atom stereocenters. The fraction of sp³-hybridized carbons (Fsp3) is 0.600. The lowest BCUT2D eigenvalue weighted by Gasteiger charge is -2.32. The van der Waals surface area contributed by atoms with Gasteiger partial charge >= 0.3 is 6.03 Å². The van der Waals surface area contributed by atoms with Crippen LogP contribution in [0.25, 0.3) is 0 Å². The summed E-state index contributed by atoms with van der Waals surface area (Å²) in [5.41, 5.74) is -3.41. The number of hydrogen-bond donors (Lipinski definition) is 4. The highest BCUT2D eigenvalue weighted by molar-refractivity contribution is 6.01. The van der Waals surface area contributed by atoms with E-state index in [0.29, 0.717) is 0 Å². The molecule has 0 radical (unpaired) electrons. The van der Waals surface area contributed by atoms with Gasteiger partial charge in [-0.3, -0.25) is 10.1 Å². The molecule has 62 valence electrons. The number of nitrogens with one attached hydrogen (secondary N) is 2. The van der Waals surface area contributed by atoms with Crippen molar-refractivity contribution in [2.45, 2.75) is 18.7 Å². The first-order chi connectivity index (χ1) is 6.52. The molecule has 6 nitrogen and oxygen atoms in total. The van der Waals surface area contributed by atoms with E-state index in [4.69, 9.17) is 5.48 Å². The number of amides is 3. The Hall–Kier alpha value is -1.14. The second kappa shape index (κ2) is 2.18. The largest absolute Gasteiger partial charge is 0.376 e. The average Bonchev–Trinajstić information content (AvgIpc) is 1.96. The quantitative estimate of drug-likeness (QED) is 0.329. The van der Waals surface area contributed by atoms with Crippen molar-refractivity contribution >= 4 is 11.9 Å². The van der Waals surface area contributed by atoms with Crippen molar-refractivity contribution in [2.24, 2.45) is 0 Å². The molecule has 1 heterocycles. The molecule has 1 aliphatic heterocycles. The van der Waals surface area contributed by atoms with E-state index in [2.05, 4.69) is 0 Å². The van der Waals surface area contributed by atoms with Gasteiger partial charge in [-0.1, -0.05) is 0 Å². The third-order valence-electron chi connectivity index (χ3n) is 1.13. The van der Waals surface area contributed by atoms with E-state index < -0.39 is 30.6 Å². The van der Waals surface area contributed by atoms with Gasteiger partial charge in [0.15, 0.2) is 11.8 Å². The lowest BCUT2D eigenvalue weighted by atomic mass is 10.0. The fourth-order valence-electron chi connectivity index (χ4n) is 0.530. The molecule has 6 heteroatoms. The van der Waals surface area contributed by atoms with E-state index in [-0.39, 0.29) is 0 Å². The normalized spacial score (nSPS) is 51.1. The van der Waals surface area contributed by atoms with Crippen LogP contribution in [0.2, 0.25) is 0 Å². The summed E-state index contributed by atoms with van der Waals surface area (Å²) < 4.78 is 27.6. The standard InChI is InChI=1S/C5H8N2O4/c1-5(11)2(8)6-4(10)7-3(5)9/h2,8,11H,1H3,(H2,6,7,9,10)/i1D3,2D. The predicted molar refractivity (Wildman–Crippen MR) is 33.3 cm³/mol. The maximum absolute atomic E-state index is 11.1. The zero-order chi connectivity index (χ0) is 12.1. The van der Waals surface area contributed by atoms with Crippen LogP contribution in [0.4, 0.5) is 4.79 Å². The van der Waals surface area contributed by atoms with Gasteiger partial charge in [0.1, 0.15) is 0 Å². The van der Waals surface area contributed by atoms with Crippen LogP contribution in [0.3, 0.4) is 0 Å². The van der Waals surface area contributed by atoms with E-state index in [0.717, 1.165) is 0 Å². The Kier molecular flexibility index (Phi) is 0.797. The van der Waals surface area contributed by atoms with Crippen LogP contribution in [0.15, 0.2) is 0 Å². The summed E-state index contributed by atoms with van der Waals surface area (Å²) in [6.07, 6.45) is -3.31. The SMILES string of the molecule is [2H]C([2H])([2H])C1(O)C(=O)NC(=O)NC1([2H])O. The minimum Gasteiger partial charge on any atom is -0.376 e. The van der Waals surface area contributed by atoms with Crippen LogP contribution < -0.4 is 10.6 Å². The number of imide groups is 1. The van der Waals surface area contributed by atoms with Crippen molar-refractivity contribution in [1.82, 2.24) is 10.6 Å². The van der Waals surface area contributed by atoms with Crippen molar-refractivity contribution < 1.29 is 25.3 Å². The second-order valence-corrected chi connectivity index (χ2v) is 1.97. The lowest BCUT2D eigenvalue weighted by Crippen LogP contribution is -2.67. The smallest absolute Gasteiger partial charge is 0.323 e. The van der Waals surface area contributed by atoms with E-state index in [1.54, 1.807) is 0 Å². The third-order valence-corrected chi connectivity index (χ3v) is 1.13. The van der Waals surface area contributed by atoms with Gasteiger partial charge in [-0.2, -0.15) is 0 Å². The summed E-state index contributed by atoms with van der Waals surface area (Å²) in [5, 5.41) is 21.6. The van der Waals surface area contributed by atoms with Crippen molar-refractivity contribution in [3.05, 3.63) is 0 Å². The Morgan fingerprint density at radius 1 is 1.82 bits per heavy atom. The molecule has 0 spiro atoms. The highest BCUT2D eigenvalue weighted by Gasteiger charge is 2.44. The average molecular weight is 164 g/mol. The van der Waals surface area contributed by atoms with Gasteiger partial charge in [-0.25, -0.2) is 4.79 Å². The van der Waals surface area contributed by atoms with Crippen LogP contribution in [-0.4, -0.2) is 34.0 Å². The molecule has 0 bridgehead atoms. The molecule has 0 aromatic rings. The van der Waals surface area contributed by atoms with E-state index in [1.807, 2.05) is 0 Å². The van der Waals surface area contributed by atoms with Gasteiger partial charge in [0.2, 0.25) is 0 Å². The summed E-state index contributed by atoms with van der Waals surface area (Å²) in [6.45, 7) is -3.36. The van der Waals surface area contributed by atoms with E-state index in [9.17, 15) is 19.8 Å². The summed E-state index contributed by atoms with van der Waals surface area (Å²) >= 11 is 0. The molecule has 1 rings (SSSR count). The Morgan fingerprint density at radius 2 is 2.45 bits per heavy atom. The van der Waals surface area contributed by atoms with Crippen molar-refractivity contribution in [3.8, 4) is 0 Å². The van der Waals surface area contributed by atoms with Gasteiger partial charge in [0.25, 0.3) is 5.91 Å². The zero-order valence-electron chi connectivity index (χ0n) is 9.21. The third kappa shape index (κ3) is 1.17. The van der Waals surface area contributed by atoms with Crippen LogP contribution in [0, 0.1) is 0 Å². The summed E-state index contributed by atoms with van der Waals surface area (Å²) in [5.74, 6) is -1.65. The molecule has 0 aliphatic carbocycles. The van der Waals surface area contributed by atoms with E-state index in [1.165, 1.54) is 10.6 Å². The van der Waals surface area contributed by atoms with Gasteiger partial charge in [-0.05, 0) is 6.85 Å². The minimum absolute atomic E-state index is 1.26. The maximum Gasteiger partial charge on any atom is 0.323 e.